The third-order valence-corrected chi connectivity index (χ3v) is 4.47. The number of benzene rings is 1. The molecule has 2 rings (SSSR count). The van der Waals surface area contributed by atoms with E-state index in [1.54, 1.807) is 12.1 Å². The summed E-state index contributed by atoms with van der Waals surface area (Å²) in [6, 6.07) is 6.93. The standard InChI is InChI=1S/C13H16N4O2S/c1-9-4-3-5-11(10(9)2)17-20(18,19)13-8-15-7-6-12(13)16-14/h3-8,17H,14H2,1-2H3,(H,15,16). The maximum atomic E-state index is 12.4. The zero-order valence-corrected chi connectivity index (χ0v) is 12.0. The van der Waals surface area contributed by atoms with Gasteiger partial charge < -0.3 is 5.43 Å². The second-order valence-electron chi connectivity index (χ2n) is 4.37. The zero-order valence-electron chi connectivity index (χ0n) is 11.2. The van der Waals surface area contributed by atoms with Crippen LogP contribution >= 0.6 is 0 Å². The van der Waals surface area contributed by atoms with E-state index in [1.807, 2.05) is 19.9 Å². The lowest BCUT2D eigenvalue weighted by Crippen LogP contribution is -2.18. The van der Waals surface area contributed by atoms with Gasteiger partial charge in [-0.15, -0.1) is 0 Å². The molecule has 0 radical (unpaired) electrons. The molecule has 0 aliphatic heterocycles. The fourth-order valence-corrected chi connectivity index (χ4v) is 3.01. The van der Waals surface area contributed by atoms with Crippen LogP contribution in [0.2, 0.25) is 0 Å². The van der Waals surface area contributed by atoms with Gasteiger partial charge in [0.1, 0.15) is 4.90 Å². The van der Waals surface area contributed by atoms with Crippen LogP contribution in [0.1, 0.15) is 11.1 Å². The van der Waals surface area contributed by atoms with E-state index in [0.29, 0.717) is 5.69 Å². The fourth-order valence-electron chi connectivity index (χ4n) is 1.77. The molecule has 0 amide bonds. The van der Waals surface area contributed by atoms with E-state index in [9.17, 15) is 8.42 Å². The first kappa shape index (κ1) is 14.3. The van der Waals surface area contributed by atoms with Gasteiger partial charge in [0.2, 0.25) is 0 Å². The highest BCUT2D eigenvalue weighted by Crippen LogP contribution is 2.24. The molecule has 1 aromatic carbocycles. The summed E-state index contributed by atoms with van der Waals surface area (Å²) in [5, 5.41) is 0. The summed E-state index contributed by atoms with van der Waals surface area (Å²) in [6.07, 6.45) is 2.72. The van der Waals surface area contributed by atoms with Gasteiger partial charge >= 0.3 is 0 Å². The third-order valence-electron chi connectivity index (χ3n) is 3.08. The van der Waals surface area contributed by atoms with Crippen molar-refractivity contribution < 1.29 is 8.42 Å². The third kappa shape index (κ3) is 2.73. The Labute approximate surface area is 118 Å². The SMILES string of the molecule is Cc1cccc(NS(=O)(=O)c2cnccc2NN)c1C. The Kier molecular flexibility index (Phi) is 3.91. The number of nitrogens with two attached hydrogens (primary N) is 1. The lowest BCUT2D eigenvalue weighted by Gasteiger charge is -2.13. The Morgan fingerprint density at radius 1 is 1.15 bits per heavy atom. The summed E-state index contributed by atoms with van der Waals surface area (Å²) >= 11 is 0. The quantitative estimate of drug-likeness (QED) is 0.589. The summed E-state index contributed by atoms with van der Waals surface area (Å²) < 4.78 is 27.4. The topological polar surface area (TPSA) is 97.1 Å². The molecule has 1 heterocycles. The van der Waals surface area contributed by atoms with Crippen molar-refractivity contribution in [2.24, 2.45) is 5.84 Å². The van der Waals surface area contributed by atoms with Crippen molar-refractivity contribution in [1.29, 1.82) is 0 Å². The first-order valence-electron chi connectivity index (χ1n) is 5.95. The van der Waals surface area contributed by atoms with Crippen LogP contribution < -0.4 is 16.0 Å². The molecule has 0 atom stereocenters. The molecule has 2 aromatic rings. The maximum Gasteiger partial charge on any atom is 0.265 e. The number of pyridine rings is 1. The highest BCUT2D eigenvalue weighted by molar-refractivity contribution is 7.92. The summed E-state index contributed by atoms with van der Waals surface area (Å²) in [5.41, 5.74) is 5.07. The van der Waals surface area contributed by atoms with Crippen molar-refractivity contribution in [2.45, 2.75) is 18.7 Å². The summed E-state index contributed by atoms with van der Waals surface area (Å²) in [4.78, 5) is 3.83. The van der Waals surface area contributed by atoms with Crippen molar-refractivity contribution in [3.05, 3.63) is 47.8 Å². The minimum Gasteiger partial charge on any atom is -0.323 e. The number of hydrogen-bond donors (Lipinski definition) is 3. The van der Waals surface area contributed by atoms with Gasteiger partial charge in [-0.2, -0.15) is 0 Å². The van der Waals surface area contributed by atoms with E-state index in [1.165, 1.54) is 18.5 Å². The van der Waals surface area contributed by atoms with Crippen LogP contribution in [0, 0.1) is 13.8 Å². The molecular formula is C13H16N4O2S. The Bertz CT molecular complexity index is 729. The lowest BCUT2D eigenvalue weighted by atomic mass is 10.1. The van der Waals surface area contributed by atoms with Gasteiger partial charge in [0.05, 0.1) is 11.4 Å². The smallest absolute Gasteiger partial charge is 0.265 e. The van der Waals surface area contributed by atoms with Crippen LogP contribution in [0.3, 0.4) is 0 Å². The Morgan fingerprint density at radius 3 is 2.60 bits per heavy atom. The number of hydrazine groups is 1. The van der Waals surface area contributed by atoms with E-state index < -0.39 is 10.0 Å². The number of nitrogens with zero attached hydrogens (tertiary/aromatic N) is 1. The molecule has 4 N–H and O–H groups in total. The van der Waals surface area contributed by atoms with Gasteiger partial charge in [0.15, 0.2) is 0 Å². The first-order valence-corrected chi connectivity index (χ1v) is 7.43. The van der Waals surface area contributed by atoms with Gasteiger partial charge in [-0.3, -0.25) is 15.5 Å². The molecule has 7 heteroatoms. The van der Waals surface area contributed by atoms with E-state index in [2.05, 4.69) is 15.1 Å². The van der Waals surface area contributed by atoms with Crippen LogP contribution in [0.25, 0.3) is 0 Å². The minimum atomic E-state index is -3.75. The zero-order chi connectivity index (χ0) is 14.8. The molecule has 0 saturated carbocycles. The van der Waals surface area contributed by atoms with Crippen molar-refractivity contribution >= 4 is 21.4 Å². The molecule has 6 nitrogen and oxygen atoms in total. The van der Waals surface area contributed by atoms with E-state index in [-0.39, 0.29) is 10.6 Å². The van der Waals surface area contributed by atoms with Crippen LogP contribution in [0.5, 0.6) is 0 Å². The monoisotopic (exact) mass is 292 g/mol. The van der Waals surface area contributed by atoms with Gasteiger partial charge in [0, 0.05) is 12.4 Å². The van der Waals surface area contributed by atoms with E-state index in [0.717, 1.165) is 11.1 Å². The number of anilines is 2. The predicted molar refractivity (Wildman–Crippen MR) is 78.8 cm³/mol. The highest BCUT2D eigenvalue weighted by atomic mass is 32.2. The number of sulfonamides is 1. The van der Waals surface area contributed by atoms with E-state index in [4.69, 9.17) is 5.84 Å². The van der Waals surface area contributed by atoms with Gasteiger partial charge in [-0.1, -0.05) is 12.1 Å². The van der Waals surface area contributed by atoms with Gasteiger partial charge in [0.25, 0.3) is 10.0 Å². The van der Waals surface area contributed by atoms with E-state index >= 15 is 0 Å². The van der Waals surface area contributed by atoms with Crippen LogP contribution in [-0.2, 0) is 10.0 Å². The molecular weight excluding hydrogens is 276 g/mol. The molecule has 0 spiro atoms. The number of nitrogen functional groups attached to an aromatic ring is 1. The molecule has 0 unspecified atom stereocenters. The normalized spacial score (nSPS) is 11.2. The second-order valence-corrected chi connectivity index (χ2v) is 6.02. The number of aromatic nitrogens is 1. The Hall–Kier alpha value is -2.12. The average Bonchev–Trinajstić information content (AvgIpc) is 2.43. The summed E-state index contributed by atoms with van der Waals surface area (Å²) in [5.74, 6) is 5.32. The van der Waals surface area contributed by atoms with Crippen LogP contribution in [0.4, 0.5) is 11.4 Å². The predicted octanol–water partition coefficient (Wildman–Crippen LogP) is 1.78. The van der Waals surface area contributed by atoms with Crippen molar-refractivity contribution in [3.8, 4) is 0 Å². The van der Waals surface area contributed by atoms with Crippen LogP contribution in [-0.4, -0.2) is 13.4 Å². The summed E-state index contributed by atoms with van der Waals surface area (Å²) in [6.45, 7) is 3.78. The maximum absolute atomic E-state index is 12.4. The van der Waals surface area contributed by atoms with Crippen molar-refractivity contribution in [3.63, 3.8) is 0 Å². The largest absolute Gasteiger partial charge is 0.323 e. The van der Waals surface area contributed by atoms with Crippen molar-refractivity contribution in [2.75, 3.05) is 10.1 Å². The second kappa shape index (κ2) is 5.48. The Balaban J connectivity index is 2.44. The van der Waals surface area contributed by atoms with Gasteiger partial charge in [-0.05, 0) is 37.1 Å². The average molecular weight is 292 g/mol. The van der Waals surface area contributed by atoms with Gasteiger partial charge in [-0.25, -0.2) is 8.42 Å². The molecule has 0 aliphatic rings. The molecule has 106 valence electrons. The summed E-state index contributed by atoms with van der Waals surface area (Å²) in [7, 11) is -3.75. The first-order chi connectivity index (χ1) is 9.45. The lowest BCUT2D eigenvalue weighted by molar-refractivity contribution is 0.601. The molecule has 20 heavy (non-hydrogen) atoms. The molecule has 0 fully saturated rings. The number of hydrogen-bond acceptors (Lipinski definition) is 5. The Morgan fingerprint density at radius 2 is 1.90 bits per heavy atom. The molecule has 0 saturated heterocycles. The van der Waals surface area contributed by atoms with Crippen LogP contribution in [0.15, 0.2) is 41.6 Å². The number of rotatable bonds is 4. The molecule has 0 aliphatic carbocycles. The van der Waals surface area contributed by atoms with Crippen molar-refractivity contribution in [1.82, 2.24) is 4.98 Å². The number of nitrogens with one attached hydrogen (secondary N) is 2. The molecule has 1 aromatic heterocycles. The molecule has 0 bridgehead atoms. The number of aryl methyl sites for hydroxylation is 1. The fraction of sp³-hybridized carbons (Fsp3) is 0.154. The highest BCUT2D eigenvalue weighted by Gasteiger charge is 2.19. The minimum absolute atomic E-state index is 0.00315.